The lowest BCUT2D eigenvalue weighted by molar-refractivity contribution is 0.484. The lowest BCUT2D eigenvalue weighted by Crippen LogP contribution is -2.14. The number of benzene rings is 1. The molecule has 0 radical (unpaired) electrons. The van der Waals surface area contributed by atoms with Crippen molar-refractivity contribution in [3.63, 3.8) is 0 Å². The van der Waals surface area contributed by atoms with Crippen LogP contribution in [0, 0.1) is 0 Å². The predicted octanol–water partition coefficient (Wildman–Crippen LogP) is 1.94. The van der Waals surface area contributed by atoms with Crippen LogP contribution < -0.4 is 5.32 Å². The smallest absolute Gasteiger partial charge is 0.266 e. The fourth-order valence-electron chi connectivity index (χ4n) is 1.45. The number of rotatable bonds is 6. The summed E-state index contributed by atoms with van der Waals surface area (Å²) in [6.45, 7) is 2.33. The molecule has 16 heavy (non-hydrogen) atoms. The maximum Gasteiger partial charge on any atom is 0.266 e. The number of nitrogens with one attached hydrogen (secondary N) is 1. The van der Waals surface area contributed by atoms with Gasteiger partial charge in [0.1, 0.15) is 0 Å². The molecule has 1 aromatic rings. The van der Waals surface area contributed by atoms with Gasteiger partial charge in [-0.15, -0.1) is 0 Å². The third-order valence-corrected chi connectivity index (χ3v) is 2.87. The van der Waals surface area contributed by atoms with E-state index in [1.165, 1.54) is 5.56 Å². The topological polar surface area (TPSA) is 66.4 Å². The van der Waals surface area contributed by atoms with Gasteiger partial charge in [-0.05, 0) is 24.1 Å². The van der Waals surface area contributed by atoms with Crippen molar-refractivity contribution in [2.75, 3.05) is 17.6 Å². The van der Waals surface area contributed by atoms with E-state index < -0.39 is 10.1 Å². The molecule has 0 spiro atoms. The van der Waals surface area contributed by atoms with E-state index in [0.717, 1.165) is 18.5 Å². The Morgan fingerprint density at radius 2 is 2.12 bits per heavy atom. The minimum Gasteiger partial charge on any atom is -0.384 e. The largest absolute Gasteiger partial charge is 0.384 e. The number of aryl methyl sites for hydroxylation is 1. The molecule has 0 aromatic heterocycles. The molecule has 0 unspecified atom stereocenters. The molecular weight excluding hydrogens is 226 g/mol. The molecule has 1 rings (SSSR count). The average molecular weight is 243 g/mol. The second kappa shape index (κ2) is 5.86. The molecule has 90 valence electrons. The minimum absolute atomic E-state index is 0.217. The summed E-state index contributed by atoms with van der Waals surface area (Å²) in [5.74, 6) is -0.273. The third-order valence-electron chi connectivity index (χ3n) is 2.15. The Bertz CT molecular complexity index is 429. The molecule has 0 aliphatic rings. The molecule has 0 fully saturated rings. The third kappa shape index (κ3) is 5.14. The highest BCUT2D eigenvalue weighted by atomic mass is 32.2. The van der Waals surface area contributed by atoms with Crippen LogP contribution in [0.4, 0.5) is 5.69 Å². The molecule has 0 atom stereocenters. The second-order valence-electron chi connectivity index (χ2n) is 3.66. The van der Waals surface area contributed by atoms with Crippen LogP contribution in [0.1, 0.15) is 18.9 Å². The van der Waals surface area contributed by atoms with Crippen LogP contribution in [0.25, 0.3) is 0 Å². The molecule has 0 aliphatic heterocycles. The summed E-state index contributed by atoms with van der Waals surface area (Å²) in [7, 11) is -3.88. The van der Waals surface area contributed by atoms with Gasteiger partial charge >= 0.3 is 0 Å². The summed E-state index contributed by atoms with van der Waals surface area (Å²) in [6.07, 6.45) is 2.09. The lowest BCUT2D eigenvalue weighted by Gasteiger charge is -2.06. The Morgan fingerprint density at radius 3 is 2.75 bits per heavy atom. The van der Waals surface area contributed by atoms with E-state index in [0.29, 0.717) is 0 Å². The van der Waals surface area contributed by atoms with Crippen molar-refractivity contribution in [1.29, 1.82) is 0 Å². The Labute approximate surface area is 96.4 Å². The first-order valence-electron chi connectivity index (χ1n) is 5.29. The standard InChI is InChI=1S/C11H17NO3S/c1-2-4-10-5-3-6-11(9-10)12-7-8-16(13,14)15/h3,5-6,9,12H,2,4,7-8H2,1H3,(H,13,14,15). The summed E-state index contributed by atoms with van der Waals surface area (Å²) in [4.78, 5) is 0. The van der Waals surface area contributed by atoms with Gasteiger partial charge in [-0.25, -0.2) is 0 Å². The monoisotopic (exact) mass is 243 g/mol. The van der Waals surface area contributed by atoms with Crippen molar-refractivity contribution in [2.24, 2.45) is 0 Å². The van der Waals surface area contributed by atoms with Crippen molar-refractivity contribution < 1.29 is 13.0 Å². The Morgan fingerprint density at radius 1 is 1.38 bits per heavy atom. The van der Waals surface area contributed by atoms with Gasteiger partial charge in [0, 0.05) is 12.2 Å². The molecule has 4 nitrogen and oxygen atoms in total. The maximum absolute atomic E-state index is 10.5. The van der Waals surface area contributed by atoms with E-state index >= 15 is 0 Å². The van der Waals surface area contributed by atoms with Crippen LogP contribution in [0.2, 0.25) is 0 Å². The normalized spacial score (nSPS) is 11.4. The quantitative estimate of drug-likeness (QED) is 0.749. The molecule has 0 amide bonds. The average Bonchev–Trinajstić information content (AvgIpc) is 2.17. The van der Waals surface area contributed by atoms with Crippen molar-refractivity contribution >= 4 is 15.8 Å². The lowest BCUT2D eigenvalue weighted by atomic mass is 10.1. The van der Waals surface area contributed by atoms with Crippen LogP contribution in [0.3, 0.4) is 0 Å². The minimum atomic E-state index is -3.88. The van der Waals surface area contributed by atoms with Crippen molar-refractivity contribution in [3.8, 4) is 0 Å². The maximum atomic E-state index is 10.5. The van der Waals surface area contributed by atoms with Crippen LogP contribution in [-0.4, -0.2) is 25.3 Å². The molecule has 5 heteroatoms. The predicted molar refractivity (Wildman–Crippen MR) is 65.3 cm³/mol. The molecule has 0 heterocycles. The molecule has 2 N–H and O–H groups in total. The van der Waals surface area contributed by atoms with Crippen molar-refractivity contribution in [2.45, 2.75) is 19.8 Å². The highest BCUT2D eigenvalue weighted by molar-refractivity contribution is 7.85. The first kappa shape index (κ1) is 13.0. The Hall–Kier alpha value is -1.07. The van der Waals surface area contributed by atoms with Crippen LogP contribution >= 0.6 is 0 Å². The SMILES string of the molecule is CCCc1cccc(NCCS(=O)(=O)O)c1. The molecule has 0 aliphatic carbocycles. The zero-order chi connectivity index (χ0) is 12.0. The second-order valence-corrected chi connectivity index (χ2v) is 5.24. The van der Waals surface area contributed by atoms with Gasteiger partial charge in [0.25, 0.3) is 10.1 Å². The van der Waals surface area contributed by atoms with Crippen molar-refractivity contribution in [3.05, 3.63) is 29.8 Å². The van der Waals surface area contributed by atoms with Gasteiger partial charge in [0.05, 0.1) is 5.75 Å². The summed E-state index contributed by atoms with van der Waals surface area (Å²) in [6, 6.07) is 7.84. The molecule has 1 aromatic carbocycles. The van der Waals surface area contributed by atoms with Crippen LogP contribution in [0.5, 0.6) is 0 Å². The summed E-state index contributed by atoms with van der Waals surface area (Å²) >= 11 is 0. The number of hydrogen-bond acceptors (Lipinski definition) is 3. The van der Waals surface area contributed by atoms with E-state index in [1.807, 2.05) is 24.3 Å². The first-order chi connectivity index (χ1) is 7.51. The van der Waals surface area contributed by atoms with Gasteiger partial charge in [-0.2, -0.15) is 8.42 Å². The van der Waals surface area contributed by atoms with E-state index in [2.05, 4.69) is 12.2 Å². The molecule has 0 saturated carbocycles. The van der Waals surface area contributed by atoms with Crippen molar-refractivity contribution in [1.82, 2.24) is 0 Å². The van der Waals surface area contributed by atoms with E-state index in [9.17, 15) is 8.42 Å². The molecular formula is C11H17NO3S. The first-order valence-corrected chi connectivity index (χ1v) is 6.90. The van der Waals surface area contributed by atoms with Gasteiger partial charge in [-0.1, -0.05) is 25.5 Å². The van der Waals surface area contributed by atoms with Crippen LogP contribution in [0.15, 0.2) is 24.3 Å². The summed E-state index contributed by atoms with van der Waals surface area (Å²) < 4.78 is 29.6. The summed E-state index contributed by atoms with van der Waals surface area (Å²) in [5, 5.41) is 2.96. The van der Waals surface area contributed by atoms with E-state index in [-0.39, 0.29) is 12.3 Å². The van der Waals surface area contributed by atoms with E-state index in [4.69, 9.17) is 4.55 Å². The number of hydrogen-bond donors (Lipinski definition) is 2. The zero-order valence-electron chi connectivity index (χ0n) is 9.31. The number of anilines is 1. The van der Waals surface area contributed by atoms with Gasteiger partial charge < -0.3 is 5.32 Å². The van der Waals surface area contributed by atoms with Gasteiger partial charge in [-0.3, -0.25) is 4.55 Å². The van der Waals surface area contributed by atoms with E-state index in [1.54, 1.807) is 0 Å². The highest BCUT2D eigenvalue weighted by Gasteiger charge is 2.03. The van der Waals surface area contributed by atoms with Crippen LogP contribution in [-0.2, 0) is 16.5 Å². The Balaban J connectivity index is 2.51. The van der Waals surface area contributed by atoms with Gasteiger partial charge in [0.15, 0.2) is 0 Å². The Kier molecular flexibility index (Phi) is 4.76. The summed E-state index contributed by atoms with van der Waals surface area (Å²) in [5.41, 5.74) is 2.11. The molecule has 0 saturated heterocycles. The van der Waals surface area contributed by atoms with Gasteiger partial charge in [0.2, 0.25) is 0 Å². The highest BCUT2D eigenvalue weighted by Crippen LogP contribution is 2.11. The fraction of sp³-hybridized carbons (Fsp3) is 0.455. The zero-order valence-corrected chi connectivity index (χ0v) is 10.1. The molecule has 0 bridgehead atoms. The fourth-order valence-corrected chi connectivity index (χ4v) is 1.81.